The highest BCUT2D eigenvalue weighted by Gasteiger charge is 2.23. The molecular weight excluding hydrogens is 340 g/mol. The molecule has 21 heavy (non-hydrogen) atoms. The Morgan fingerprint density at radius 3 is 2.24 bits per heavy atom. The predicted molar refractivity (Wildman–Crippen MR) is 79.4 cm³/mol. The van der Waals surface area contributed by atoms with Crippen LogP contribution in [0.1, 0.15) is 24.2 Å². The third kappa shape index (κ3) is 4.42. The Morgan fingerprint density at radius 1 is 1.19 bits per heavy atom. The van der Waals surface area contributed by atoms with Crippen LogP contribution < -0.4 is 0 Å². The molecule has 0 saturated heterocycles. The molecule has 0 radical (unpaired) electrons. The van der Waals surface area contributed by atoms with Crippen LogP contribution in [0, 0.1) is 0 Å². The fourth-order valence-electron chi connectivity index (χ4n) is 1.44. The minimum Gasteiger partial charge on any atom is -0.478 e. The average molecular weight is 355 g/mol. The second-order valence-corrected chi connectivity index (χ2v) is 9.87. The molecule has 1 aromatic carbocycles. The number of benzene rings is 1. The number of hydrogen-bond donors (Lipinski definition) is 1. The maximum absolute atomic E-state index is 12.1. The smallest absolute Gasteiger partial charge is 0.337 e. The minimum atomic E-state index is -3.90. The van der Waals surface area contributed by atoms with Gasteiger partial charge in [-0.15, -0.1) is 0 Å². The summed E-state index contributed by atoms with van der Waals surface area (Å²) >= 11 is 5.66. The van der Waals surface area contributed by atoms with Crippen molar-refractivity contribution in [2.45, 2.75) is 24.0 Å². The van der Waals surface area contributed by atoms with Crippen LogP contribution >= 0.6 is 11.6 Å². The zero-order chi connectivity index (χ0) is 16.4. The Hall–Kier alpha value is -1.12. The van der Waals surface area contributed by atoms with Gasteiger partial charge in [-0.3, -0.25) is 0 Å². The van der Waals surface area contributed by atoms with E-state index in [0.717, 1.165) is 18.2 Å². The highest BCUT2D eigenvalue weighted by molar-refractivity contribution is 7.95. The molecule has 118 valence electrons. The summed E-state index contributed by atoms with van der Waals surface area (Å²) in [6, 6.07) is 3.25. The molecule has 0 spiro atoms. The lowest BCUT2D eigenvalue weighted by Crippen LogP contribution is -2.23. The Kier molecular flexibility index (Phi) is 5.40. The molecule has 1 rings (SSSR count). The molecule has 0 heterocycles. The SMILES string of the molecule is CC(C)S(=O)(=O)CCS(=O)(=O)c1ccc(Cl)c(C(=O)O)c1. The van der Waals surface area contributed by atoms with Crippen molar-refractivity contribution >= 4 is 37.2 Å². The van der Waals surface area contributed by atoms with Gasteiger partial charge in [0.1, 0.15) is 0 Å². The molecule has 0 aliphatic carbocycles. The third-order valence-corrected chi connectivity index (χ3v) is 7.39. The molecule has 0 amide bonds. The zero-order valence-electron chi connectivity index (χ0n) is 11.4. The van der Waals surface area contributed by atoms with Crippen LogP contribution in [0.4, 0.5) is 0 Å². The predicted octanol–water partition coefficient (Wildman–Crippen LogP) is 1.64. The molecule has 0 saturated carbocycles. The molecule has 0 unspecified atom stereocenters. The number of hydrogen-bond acceptors (Lipinski definition) is 5. The maximum Gasteiger partial charge on any atom is 0.337 e. The minimum absolute atomic E-state index is 0.0868. The van der Waals surface area contributed by atoms with Gasteiger partial charge in [0.25, 0.3) is 0 Å². The van der Waals surface area contributed by atoms with Crippen LogP contribution in [-0.4, -0.2) is 44.7 Å². The van der Waals surface area contributed by atoms with Crippen LogP contribution in [0.5, 0.6) is 0 Å². The summed E-state index contributed by atoms with van der Waals surface area (Å²) in [7, 11) is -7.40. The van der Waals surface area contributed by atoms with Crippen LogP contribution in [0.25, 0.3) is 0 Å². The molecule has 6 nitrogen and oxygen atoms in total. The summed E-state index contributed by atoms with van der Waals surface area (Å²) in [4.78, 5) is 10.7. The summed E-state index contributed by atoms with van der Waals surface area (Å²) in [5, 5.41) is 8.15. The highest BCUT2D eigenvalue weighted by atomic mass is 35.5. The van der Waals surface area contributed by atoms with Crippen LogP contribution in [0.3, 0.4) is 0 Å². The van der Waals surface area contributed by atoms with E-state index in [1.54, 1.807) is 0 Å². The number of rotatable bonds is 6. The number of carbonyl (C=O) groups is 1. The first kappa shape index (κ1) is 17.9. The van der Waals surface area contributed by atoms with Gasteiger partial charge >= 0.3 is 5.97 Å². The molecular formula is C12H15ClO6S2. The van der Waals surface area contributed by atoms with Crippen LogP contribution in [0.15, 0.2) is 23.1 Å². The van der Waals surface area contributed by atoms with Gasteiger partial charge in [-0.05, 0) is 32.0 Å². The topological polar surface area (TPSA) is 106 Å². The monoisotopic (exact) mass is 354 g/mol. The summed E-state index contributed by atoms with van der Waals surface area (Å²) in [5.41, 5.74) is -0.343. The van der Waals surface area contributed by atoms with Crippen molar-refractivity contribution in [3.05, 3.63) is 28.8 Å². The first-order valence-electron chi connectivity index (χ1n) is 5.94. The van der Waals surface area contributed by atoms with Gasteiger partial charge in [-0.1, -0.05) is 11.6 Å². The number of carboxylic acid groups (broad SMARTS) is 1. The lowest BCUT2D eigenvalue weighted by atomic mass is 10.2. The van der Waals surface area contributed by atoms with Crippen molar-refractivity contribution in [1.82, 2.24) is 0 Å². The van der Waals surface area contributed by atoms with Crippen molar-refractivity contribution in [2.75, 3.05) is 11.5 Å². The molecule has 0 aliphatic heterocycles. The van der Waals surface area contributed by atoms with Crippen molar-refractivity contribution in [1.29, 1.82) is 0 Å². The van der Waals surface area contributed by atoms with Crippen molar-refractivity contribution < 1.29 is 26.7 Å². The number of halogens is 1. The van der Waals surface area contributed by atoms with E-state index < -0.39 is 42.4 Å². The van der Waals surface area contributed by atoms with E-state index in [2.05, 4.69) is 0 Å². The van der Waals surface area contributed by atoms with Gasteiger partial charge in [-0.2, -0.15) is 0 Å². The first-order chi connectivity index (χ1) is 9.47. The van der Waals surface area contributed by atoms with E-state index in [9.17, 15) is 21.6 Å². The molecule has 0 fully saturated rings. The third-order valence-electron chi connectivity index (χ3n) is 2.88. The maximum atomic E-state index is 12.1. The lowest BCUT2D eigenvalue weighted by Gasteiger charge is -2.09. The Bertz CT molecular complexity index is 750. The van der Waals surface area contributed by atoms with Crippen LogP contribution in [-0.2, 0) is 19.7 Å². The van der Waals surface area contributed by atoms with Crippen LogP contribution in [0.2, 0.25) is 5.02 Å². The normalized spacial score (nSPS) is 12.6. The van der Waals surface area contributed by atoms with Gasteiger partial charge in [0.15, 0.2) is 19.7 Å². The van der Waals surface area contributed by atoms with E-state index in [1.807, 2.05) is 0 Å². The highest BCUT2D eigenvalue weighted by Crippen LogP contribution is 2.21. The van der Waals surface area contributed by atoms with E-state index in [1.165, 1.54) is 13.8 Å². The molecule has 0 aliphatic rings. The van der Waals surface area contributed by atoms with E-state index in [-0.39, 0.29) is 15.5 Å². The average Bonchev–Trinajstić information content (AvgIpc) is 2.36. The molecule has 0 bridgehead atoms. The van der Waals surface area contributed by atoms with Gasteiger partial charge in [0.2, 0.25) is 0 Å². The summed E-state index contributed by atoms with van der Waals surface area (Å²) in [6.45, 7) is 2.93. The molecule has 0 atom stereocenters. The fourth-order valence-corrected chi connectivity index (χ4v) is 4.73. The van der Waals surface area contributed by atoms with E-state index in [4.69, 9.17) is 16.7 Å². The Morgan fingerprint density at radius 2 is 1.76 bits per heavy atom. The summed E-state index contributed by atoms with van der Waals surface area (Å²) in [6.07, 6.45) is 0. The first-order valence-corrected chi connectivity index (χ1v) is 9.69. The van der Waals surface area contributed by atoms with Crippen molar-refractivity contribution in [2.24, 2.45) is 0 Å². The Labute approximate surface area is 128 Å². The number of carboxylic acids is 1. The number of sulfone groups is 2. The quantitative estimate of drug-likeness (QED) is 0.832. The molecule has 9 heteroatoms. The van der Waals surface area contributed by atoms with Gasteiger partial charge < -0.3 is 5.11 Å². The summed E-state index contributed by atoms with van der Waals surface area (Å²) in [5.74, 6) is -2.47. The number of aromatic carboxylic acids is 1. The Balaban J connectivity index is 3.10. The second-order valence-electron chi connectivity index (χ2n) is 4.68. The molecule has 1 aromatic rings. The second kappa shape index (κ2) is 6.33. The zero-order valence-corrected chi connectivity index (χ0v) is 13.8. The molecule has 0 aromatic heterocycles. The standard InChI is InChI=1S/C12H15ClO6S2/c1-8(2)20(16,17)5-6-21(18,19)9-3-4-11(13)10(7-9)12(14)15/h3-4,7-8H,5-6H2,1-2H3,(H,14,15). The van der Waals surface area contributed by atoms with Gasteiger partial charge in [0, 0.05) is 0 Å². The lowest BCUT2D eigenvalue weighted by molar-refractivity contribution is 0.0697. The summed E-state index contributed by atoms with van der Waals surface area (Å²) < 4.78 is 47.5. The van der Waals surface area contributed by atoms with E-state index >= 15 is 0 Å². The van der Waals surface area contributed by atoms with E-state index in [0.29, 0.717) is 0 Å². The van der Waals surface area contributed by atoms with Crippen molar-refractivity contribution in [3.63, 3.8) is 0 Å². The largest absolute Gasteiger partial charge is 0.478 e. The molecule has 1 N–H and O–H groups in total. The van der Waals surface area contributed by atoms with Gasteiger partial charge in [-0.25, -0.2) is 21.6 Å². The van der Waals surface area contributed by atoms with Crippen molar-refractivity contribution in [3.8, 4) is 0 Å². The van der Waals surface area contributed by atoms with Gasteiger partial charge in [0.05, 0.1) is 32.2 Å². The fraction of sp³-hybridized carbons (Fsp3) is 0.417.